The van der Waals surface area contributed by atoms with E-state index >= 15 is 0 Å². The van der Waals surface area contributed by atoms with Crippen molar-refractivity contribution >= 4 is 21.9 Å². The Balaban J connectivity index is 2.45. The lowest BCUT2D eigenvalue weighted by Gasteiger charge is -2.01. The van der Waals surface area contributed by atoms with Gasteiger partial charge in [0.2, 0.25) is 0 Å². The molecule has 2 heterocycles. The monoisotopic (exact) mass is 201 g/mol. The summed E-state index contributed by atoms with van der Waals surface area (Å²) in [5, 5.41) is 2.17. The number of hydrogen-bond donors (Lipinski definition) is 1. The highest BCUT2D eigenvalue weighted by Crippen LogP contribution is 2.30. The summed E-state index contributed by atoms with van der Waals surface area (Å²) in [7, 11) is 0. The molecule has 0 saturated heterocycles. The molecule has 15 heavy (non-hydrogen) atoms. The number of fused-ring (bicyclic) bond motifs is 2. The third-order valence-electron chi connectivity index (χ3n) is 2.67. The lowest BCUT2D eigenvalue weighted by Crippen LogP contribution is -2.03. The van der Waals surface area contributed by atoms with E-state index in [9.17, 15) is 0 Å². The molecule has 76 valence electrons. The molecule has 0 aliphatic rings. The summed E-state index contributed by atoms with van der Waals surface area (Å²) in [5.74, 6) is 0. The minimum absolute atomic E-state index is 0.611. The van der Waals surface area contributed by atoms with Gasteiger partial charge < -0.3 is 14.6 Å². The van der Waals surface area contributed by atoms with E-state index in [-0.39, 0.29) is 0 Å². The van der Waals surface area contributed by atoms with Crippen LogP contribution in [0, 0.1) is 0 Å². The van der Waals surface area contributed by atoms with Crippen molar-refractivity contribution in [3.8, 4) is 0 Å². The SMILES string of the molecule is NCCc1c2ccoc2cc2ccoc12. The second kappa shape index (κ2) is 3.14. The highest BCUT2D eigenvalue weighted by atomic mass is 16.3. The van der Waals surface area contributed by atoms with Gasteiger partial charge in [-0.1, -0.05) is 0 Å². The maximum absolute atomic E-state index is 5.61. The van der Waals surface area contributed by atoms with Gasteiger partial charge in [-0.25, -0.2) is 0 Å². The molecular weight excluding hydrogens is 190 g/mol. The maximum atomic E-state index is 5.61. The molecule has 0 radical (unpaired) electrons. The van der Waals surface area contributed by atoms with Gasteiger partial charge in [-0.05, 0) is 31.2 Å². The molecule has 0 unspecified atom stereocenters. The maximum Gasteiger partial charge on any atom is 0.137 e. The van der Waals surface area contributed by atoms with Crippen LogP contribution in [0.1, 0.15) is 5.56 Å². The zero-order chi connectivity index (χ0) is 10.3. The van der Waals surface area contributed by atoms with E-state index in [1.165, 1.54) is 0 Å². The molecule has 3 rings (SSSR count). The van der Waals surface area contributed by atoms with Gasteiger partial charge in [-0.2, -0.15) is 0 Å². The number of rotatable bonds is 2. The number of nitrogens with two attached hydrogens (primary N) is 1. The number of hydrogen-bond acceptors (Lipinski definition) is 3. The Morgan fingerprint density at radius 2 is 2.00 bits per heavy atom. The molecule has 0 aliphatic carbocycles. The van der Waals surface area contributed by atoms with Crippen molar-refractivity contribution < 1.29 is 8.83 Å². The van der Waals surface area contributed by atoms with Crippen molar-refractivity contribution in [1.82, 2.24) is 0 Å². The van der Waals surface area contributed by atoms with Gasteiger partial charge in [-0.3, -0.25) is 0 Å². The fraction of sp³-hybridized carbons (Fsp3) is 0.167. The van der Waals surface area contributed by atoms with Gasteiger partial charge in [0.15, 0.2) is 0 Å². The predicted molar refractivity (Wildman–Crippen MR) is 58.7 cm³/mol. The molecular formula is C12H11NO2. The Kier molecular flexibility index (Phi) is 1.79. The lowest BCUT2D eigenvalue weighted by atomic mass is 10.0. The lowest BCUT2D eigenvalue weighted by molar-refractivity contribution is 0.608. The summed E-state index contributed by atoms with van der Waals surface area (Å²) in [6.07, 6.45) is 4.20. The van der Waals surface area contributed by atoms with Gasteiger partial charge in [0.25, 0.3) is 0 Å². The van der Waals surface area contributed by atoms with E-state index in [1.54, 1.807) is 12.5 Å². The number of furan rings is 2. The summed E-state index contributed by atoms with van der Waals surface area (Å²) >= 11 is 0. The van der Waals surface area contributed by atoms with E-state index < -0.39 is 0 Å². The molecule has 0 amide bonds. The quantitative estimate of drug-likeness (QED) is 0.693. The van der Waals surface area contributed by atoms with E-state index in [0.29, 0.717) is 6.54 Å². The second-order valence-corrected chi connectivity index (χ2v) is 3.57. The molecule has 0 spiro atoms. The first-order valence-electron chi connectivity index (χ1n) is 4.96. The van der Waals surface area contributed by atoms with E-state index in [0.717, 1.165) is 33.9 Å². The van der Waals surface area contributed by atoms with Gasteiger partial charge in [-0.15, -0.1) is 0 Å². The second-order valence-electron chi connectivity index (χ2n) is 3.57. The van der Waals surface area contributed by atoms with Crippen LogP contribution < -0.4 is 5.73 Å². The van der Waals surface area contributed by atoms with Crippen LogP contribution in [0.2, 0.25) is 0 Å². The first-order valence-corrected chi connectivity index (χ1v) is 4.96. The topological polar surface area (TPSA) is 52.3 Å². The number of benzene rings is 1. The van der Waals surface area contributed by atoms with Crippen molar-refractivity contribution in [2.24, 2.45) is 5.73 Å². The van der Waals surface area contributed by atoms with Crippen molar-refractivity contribution in [1.29, 1.82) is 0 Å². The van der Waals surface area contributed by atoms with Crippen molar-refractivity contribution in [3.05, 3.63) is 36.3 Å². The largest absolute Gasteiger partial charge is 0.464 e. The summed E-state index contributed by atoms with van der Waals surface area (Å²) in [6.45, 7) is 0.611. The summed E-state index contributed by atoms with van der Waals surface area (Å²) in [5.41, 5.74) is 8.57. The smallest absolute Gasteiger partial charge is 0.137 e. The molecule has 0 aliphatic heterocycles. The average molecular weight is 201 g/mol. The van der Waals surface area contributed by atoms with Crippen LogP contribution in [-0.4, -0.2) is 6.54 Å². The summed E-state index contributed by atoms with van der Waals surface area (Å²) < 4.78 is 10.9. The third kappa shape index (κ3) is 1.17. The normalized spacial score (nSPS) is 11.5. The van der Waals surface area contributed by atoms with Crippen LogP contribution in [0.4, 0.5) is 0 Å². The Morgan fingerprint density at radius 3 is 2.87 bits per heavy atom. The highest BCUT2D eigenvalue weighted by Gasteiger charge is 2.11. The molecule has 2 N–H and O–H groups in total. The first kappa shape index (κ1) is 8.56. The van der Waals surface area contributed by atoms with Gasteiger partial charge in [0.05, 0.1) is 12.5 Å². The van der Waals surface area contributed by atoms with Crippen LogP contribution >= 0.6 is 0 Å². The Bertz CT molecular complexity index is 557. The van der Waals surface area contributed by atoms with Crippen LogP contribution in [0.25, 0.3) is 21.9 Å². The van der Waals surface area contributed by atoms with Gasteiger partial charge in [0, 0.05) is 16.3 Å². The van der Waals surface area contributed by atoms with Crippen molar-refractivity contribution in [3.63, 3.8) is 0 Å². The van der Waals surface area contributed by atoms with Gasteiger partial charge in [0.1, 0.15) is 11.2 Å². The standard InChI is InChI=1S/C12H11NO2/c13-4-1-10-9-3-6-14-11(9)7-8-2-5-15-12(8)10/h2-3,5-7H,1,4,13H2. The minimum atomic E-state index is 0.611. The Hall–Kier alpha value is -1.74. The molecule has 2 aromatic heterocycles. The summed E-state index contributed by atoms with van der Waals surface area (Å²) in [6, 6.07) is 5.90. The van der Waals surface area contributed by atoms with Crippen LogP contribution in [-0.2, 0) is 6.42 Å². The molecule has 3 aromatic rings. The zero-order valence-corrected chi connectivity index (χ0v) is 8.19. The Morgan fingerprint density at radius 1 is 1.13 bits per heavy atom. The average Bonchev–Trinajstić information content (AvgIpc) is 2.84. The molecule has 0 fully saturated rings. The summed E-state index contributed by atoms with van der Waals surface area (Å²) in [4.78, 5) is 0. The van der Waals surface area contributed by atoms with Crippen molar-refractivity contribution in [2.45, 2.75) is 6.42 Å². The molecule has 0 saturated carbocycles. The first-order chi connectivity index (χ1) is 7.40. The van der Waals surface area contributed by atoms with Crippen LogP contribution in [0.15, 0.2) is 39.6 Å². The molecule has 1 aromatic carbocycles. The van der Waals surface area contributed by atoms with Crippen molar-refractivity contribution in [2.75, 3.05) is 6.54 Å². The fourth-order valence-electron chi connectivity index (χ4n) is 2.02. The van der Waals surface area contributed by atoms with Crippen LogP contribution in [0.5, 0.6) is 0 Å². The molecule has 0 atom stereocenters. The molecule has 3 heteroatoms. The zero-order valence-electron chi connectivity index (χ0n) is 8.19. The predicted octanol–water partition coefficient (Wildman–Crippen LogP) is 2.68. The highest BCUT2D eigenvalue weighted by molar-refractivity contribution is 5.97. The van der Waals surface area contributed by atoms with Crippen LogP contribution in [0.3, 0.4) is 0 Å². The Labute approximate surface area is 86.5 Å². The van der Waals surface area contributed by atoms with E-state index in [1.807, 2.05) is 18.2 Å². The fourth-order valence-corrected chi connectivity index (χ4v) is 2.02. The third-order valence-corrected chi connectivity index (χ3v) is 2.67. The van der Waals surface area contributed by atoms with E-state index in [4.69, 9.17) is 14.6 Å². The van der Waals surface area contributed by atoms with Gasteiger partial charge >= 0.3 is 0 Å². The minimum Gasteiger partial charge on any atom is -0.464 e. The van der Waals surface area contributed by atoms with E-state index in [2.05, 4.69) is 0 Å². The molecule has 0 bridgehead atoms. The molecule has 3 nitrogen and oxygen atoms in total.